The van der Waals surface area contributed by atoms with E-state index in [-0.39, 0.29) is 11.5 Å². The van der Waals surface area contributed by atoms with Gasteiger partial charge in [0, 0.05) is 31.5 Å². The number of nitrogens with one attached hydrogen (secondary N) is 1. The second kappa shape index (κ2) is 8.73. The Bertz CT molecular complexity index is 1010. The molecule has 0 unspecified atom stereocenters. The first-order valence-electron chi connectivity index (χ1n) is 9.45. The molecule has 7 heteroatoms. The molecule has 0 aliphatic rings. The molecule has 2 heterocycles. The van der Waals surface area contributed by atoms with Gasteiger partial charge in [-0.25, -0.2) is 9.78 Å². The van der Waals surface area contributed by atoms with E-state index in [1.54, 1.807) is 19.4 Å². The normalized spacial score (nSPS) is 12.1. The summed E-state index contributed by atoms with van der Waals surface area (Å²) in [4.78, 5) is 28.2. The fraction of sp³-hybridized carbons (Fsp3) is 0.381. The molecule has 148 valence electrons. The molecule has 0 spiro atoms. The van der Waals surface area contributed by atoms with Gasteiger partial charge in [0.25, 0.3) is 5.91 Å². The van der Waals surface area contributed by atoms with Crippen molar-refractivity contribution >= 4 is 16.9 Å². The highest BCUT2D eigenvalue weighted by molar-refractivity contribution is 5.88. The molecule has 0 saturated carbocycles. The maximum atomic E-state index is 12.4. The van der Waals surface area contributed by atoms with Crippen molar-refractivity contribution in [3.63, 3.8) is 0 Å². The van der Waals surface area contributed by atoms with Crippen molar-refractivity contribution in [1.82, 2.24) is 14.9 Å². The smallest absolute Gasteiger partial charge is 0.336 e. The van der Waals surface area contributed by atoms with Gasteiger partial charge in [0.2, 0.25) is 0 Å². The number of hydrogen-bond acceptors (Lipinski definition) is 5. The molecule has 2 aromatic heterocycles. The van der Waals surface area contributed by atoms with E-state index in [2.05, 4.69) is 10.3 Å². The Balaban J connectivity index is 1.69. The molecule has 3 aromatic rings. The molecule has 1 aromatic carbocycles. The van der Waals surface area contributed by atoms with Gasteiger partial charge in [0.05, 0.1) is 11.7 Å². The van der Waals surface area contributed by atoms with Crippen molar-refractivity contribution in [3.05, 3.63) is 58.5 Å². The van der Waals surface area contributed by atoms with Crippen molar-refractivity contribution in [2.75, 3.05) is 6.54 Å². The first-order chi connectivity index (χ1) is 13.5. The van der Waals surface area contributed by atoms with Gasteiger partial charge in [-0.1, -0.05) is 6.92 Å². The van der Waals surface area contributed by atoms with E-state index in [1.165, 1.54) is 6.07 Å². The summed E-state index contributed by atoms with van der Waals surface area (Å²) < 4.78 is 13.3. The van der Waals surface area contributed by atoms with Gasteiger partial charge in [0.15, 0.2) is 6.10 Å². The van der Waals surface area contributed by atoms with Crippen LogP contribution in [0.4, 0.5) is 0 Å². The highest BCUT2D eigenvalue weighted by atomic mass is 16.5. The number of imidazole rings is 1. The summed E-state index contributed by atoms with van der Waals surface area (Å²) in [6, 6.07) is 5.15. The van der Waals surface area contributed by atoms with Gasteiger partial charge < -0.3 is 19.0 Å². The molecule has 0 aliphatic heterocycles. The number of benzene rings is 1. The van der Waals surface area contributed by atoms with Crippen LogP contribution in [-0.2, 0) is 17.8 Å². The van der Waals surface area contributed by atoms with E-state index in [4.69, 9.17) is 9.15 Å². The van der Waals surface area contributed by atoms with Crippen LogP contribution in [-0.4, -0.2) is 28.1 Å². The zero-order valence-electron chi connectivity index (χ0n) is 16.4. The second-order valence-corrected chi connectivity index (χ2v) is 6.79. The van der Waals surface area contributed by atoms with Gasteiger partial charge in [0.1, 0.15) is 11.3 Å². The molecular weight excluding hydrogens is 358 g/mol. The molecule has 1 atom stereocenters. The third-order valence-electron chi connectivity index (χ3n) is 4.54. The molecule has 7 nitrogen and oxygen atoms in total. The Morgan fingerprint density at radius 3 is 2.89 bits per heavy atom. The van der Waals surface area contributed by atoms with Crippen LogP contribution in [0, 0.1) is 6.92 Å². The van der Waals surface area contributed by atoms with E-state index in [1.807, 2.05) is 36.7 Å². The predicted octanol–water partition coefficient (Wildman–Crippen LogP) is 2.83. The summed E-state index contributed by atoms with van der Waals surface area (Å²) in [7, 11) is 0. The Kier molecular flexibility index (Phi) is 6.13. The Labute approximate surface area is 163 Å². The zero-order chi connectivity index (χ0) is 20.1. The number of amides is 1. The summed E-state index contributed by atoms with van der Waals surface area (Å²) in [6.07, 6.45) is 6.16. The highest BCUT2D eigenvalue weighted by Gasteiger charge is 2.18. The standard InChI is InChI=1S/C21H25N3O4/c1-4-16-12-19(25)28-18-11-14(2)10-17(20(16)18)27-15(3)21(26)23-6-5-8-24-9-7-22-13-24/h7,9-13,15H,4-6,8H2,1-3H3,(H,23,26)/t15-/m1/s1. The lowest BCUT2D eigenvalue weighted by Crippen LogP contribution is -2.37. The zero-order valence-corrected chi connectivity index (χ0v) is 16.4. The lowest BCUT2D eigenvalue weighted by Gasteiger charge is -2.17. The predicted molar refractivity (Wildman–Crippen MR) is 107 cm³/mol. The first kappa shape index (κ1) is 19.7. The second-order valence-electron chi connectivity index (χ2n) is 6.79. The van der Waals surface area contributed by atoms with Crippen LogP contribution in [0.1, 0.15) is 31.4 Å². The lowest BCUT2D eigenvalue weighted by atomic mass is 10.0. The van der Waals surface area contributed by atoms with Gasteiger partial charge in [-0.2, -0.15) is 0 Å². The number of nitrogens with zero attached hydrogens (tertiary/aromatic N) is 2. The summed E-state index contributed by atoms with van der Waals surface area (Å²) in [5, 5.41) is 3.64. The molecule has 0 radical (unpaired) electrons. The quantitative estimate of drug-likeness (QED) is 0.477. The number of hydrogen-bond donors (Lipinski definition) is 1. The monoisotopic (exact) mass is 383 g/mol. The van der Waals surface area contributed by atoms with Crippen LogP contribution in [0.15, 0.2) is 46.1 Å². The fourth-order valence-corrected chi connectivity index (χ4v) is 3.12. The number of aromatic nitrogens is 2. The van der Waals surface area contributed by atoms with Crippen LogP contribution < -0.4 is 15.7 Å². The molecule has 0 aliphatic carbocycles. The van der Waals surface area contributed by atoms with E-state index in [0.717, 1.165) is 29.5 Å². The molecule has 1 amide bonds. The van der Waals surface area contributed by atoms with Gasteiger partial charge in [-0.15, -0.1) is 0 Å². The number of fused-ring (bicyclic) bond motifs is 1. The molecular formula is C21H25N3O4. The van der Waals surface area contributed by atoms with Crippen LogP contribution >= 0.6 is 0 Å². The van der Waals surface area contributed by atoms with E-state index >= 15 is 0 Å². The van der Waals surface area contributed by atoms with Crippen molar-refractivity contribution in [2.24, 2.45) is 0 Å². The first-order valence-corrected chi connectivity index (χ1v) is 9.45. The fourth-order valence-electron chi connectivity index (χ4n) is 3.12. The van der Waals surface area contributed by atoms with Gasteiger partial charge in [-0.3, -0.25) is 4.79 Å². The van der Waals surface area contributed by atoms with Crippen LogP contribution in [0.3, 0.4) is 0 Å². The average molecular weight is 383 g/mol. The molecule has 0 saturated heterocycles. The third kappa shape index (κ3) is 4.60. The Hall–Kier alpha value is -3.09. The van der Waals surface area contributed by atoms with E-state index in [9.17, 15) is 9.59 Å². The maximum Gasteiger partial charge on any atom is 0.336 e. The van der Waals surface area contributed by atoms with Crippen LogP contribution in [0.25, 0.3) is 11.0 Å². The average Bonchev–Trinajstić information content (AvgIpc) is 3.17. The van der Waals surface area contributed by atoms with Gasteiger partial charge in [-0.05, 0) is 49.9 Å². The van der Waals surface area contributed by atoms with Crippen molar-refractivity contribution in [1.29, 1.82) is 0 Å². The van der Waals surface area contributed by atoms with Crippen LogP contribution in [0.5, 0.6) is 5.75 Å². The number of ether oxygens (including phenoxy) is 1. The molecule has 28 heavy (non-hydrogen) atoms. The van der Waals surface area contributed by atoms with Gasteiger partial charge >= 0.3 is 5.63 Å². The molecule has 0 fully saturated rings. The Morgan fingerprint density at radius 2 is 2.18 bits per heavy atom. The number of rotatable bonds is 8. The lowest BCUT2D eigenvalue weighted by molar-refractivity contribution is -0.127. The third-order valence-corrected chi connectivity index (χ3v) is 4.54. The summed E-state index contributed by atoms with van der Waals surface area (Å²) >= 11 is 0. The highest BCUT2D eigenvalue weighted by Crippen LogP contribution is 2.30. The Morgan fingerprint density at radius 1 is 1.36 bits per heavy atom. The van der Waals surface area contributed by atoms with Crippen molar-refractivity contribution in [2.45, 2.75) is 46.3 Å². The molecule has 0 bridgehead atoms. The van der Waals surface area contributed by atoms with Crippen molar-refractivity contribution in [3.8, 4) is 5.75 Å². The SMILES string of the molecule is CCc1cc(=O)oc2cc(C)cc(O[C@H](C)C(=O)NCCCn3ccnc3)c12. The number of aryl methyl sites for hydroxylation is 3. The minimum atomic E-state index is -0.671. The van der Waals surface area contributed by atoms with E-state index in [0.29, 0.717) is 24.3 Å². The molecule has 3 rings (SSSR count). The summed E-state index contributed by atoms with van der Waals surface area (Å²) in [5.41, 5.74) is 1.83. The molecule has 1 N–H and O–H groups in total. The minimum absolute atomic E-state index is 0.185. The summed E-state index contributed by atoms with van der Waals surface area (Å²) in [6.45, 7) is 6.91. The maximum absolute atomic E-state index is 12.4. The minimum Gasteiger partial charge on any atom is -0.480 e. The number of carbonyl (C=O) groups is 1. The van der Waals surface area contributed by atoms with E-state index < -0.39 is 6.10 Å². The largest absolute Gasteiger partial charge is 0.480 e. The number of carbonyl (C=O) groups excluding carboxylic acids is 1. The topological polar surface area (TPSA) is 86.4 Å². The van der Waals surface area contributed by atoms with Crippen LogP contribution in [0.2, 0.25) is 0 Å². The summed E-state index contributed by atoms with van der Waals surface area (Å²) in [5.74, 6) is 0.368. The van der Waals surface area contributed by atoms with Crippen molar-refractivity contribution < 1.29 is 13.9 Å².